The van der Waals surface area contributed by atoms with Crippen molar-refractivity contribution in [2.24, 2.45) is 11.8 Å². The van der Waals surface area contributed by atoms with Crippen molar-refractivity contribution in [1.29, 1.82) is 0 Å². The Morgan fingerprint density at radius 3 is 2.64 bits per heavy atom. The molecule has 14 heavy (non-hydrogen) atoms. The summed E-state index contributed by atoms with van der Waals surface area (Å²) in [6, 6.07) is 2.10. The van der Waals surface area contributed by atoms with Gasteiger partial charge in [-0.05, 0) is 45.8 Å². The van der Waals surface area contributed by atoms with E-state index in [0.29, 0.717) is 0 Å². The van der Waals surface area contributed by atoms with Crippen molar-refractivity contribution >= 4 is 27.3 Å². The first-order valence-electron chi connectivity index (χ1n) is 5.04. The zero-order chi connectivity index (χ0) is 10.6. The molecule has 1 rings (SSSR count). The highest BCUT2D eigenvalue weighted by atomic mass is 79.9. The minimum absolute atomic E-state index is 0.744. The van der Waals surface area contributed by atoms with Gasteiger partial charge in [0.05, 0.1) is 0 Å². The lowest BCUT2D eigenvalue weighted by Gasteiger charge is -2.15. The molecule has 0 aliphatic carbocycles. The average Bonchev–Trinajstić information content (AvgIpc) is 2.51. The van der Waals surface area contributed by atoms with Crippen molar-refractivity contribution in [3.05, 3.63) is 20.8 Å². The first kappa shape index (κ1) is 12.2. The van der Waals surface area contributed by atoms with Crippen LogP contribution in [-0.2, 0) is 6.54 Å². The van der Waals surface area contributed by atoms with Crippen LogP contribution in [0.5, 0.6) is 0 Å². The molecule has 80 valence electrons. The Morgan fingerprint density at radius 2 is 2.14 bits per heavy atom. The fourth-order valence-electron chi connectivity index (χ4n) is 1.10. The van der Waals surface area contributed by atoms with Crippen LogP contribution in [0, 0.1) is 11.8 Å². The molecule has 1 heterocycles. The minimum atomic E-state index is 0.744. The molecule has 0 aromatic carbocycles. The highest BCUT2D eigenvalue weighted by molar-refractivity contribution is 9.10. The number of rotatable bonds is 5. The van der Waals surface area contributed by atoms with Gasteiger partial charge in [-0.2, -0.15) is 0 Å². The molecule has 0 spiro atoms. The Balaban J connectivity index is 2.25. The number of thiophene rings is 1. The predicted molar refractivity (Wildman–Crippen MR) is 67.7 cm³/mol. The lowest BCUT2D eigenvalue weighted by Crippen LogP contribution is -2.23. The number of halogens is 1. The molecule has 1 aromatic rings. The van der Waals surface area contributed by atoms with Gasteiger partial charge < -0.3 is 5.32 Å². The molecule has 1 aromatic heterocycles. The van der Waals surface area contributed by atoms with E-state index in [-0.39, 0.29) is 0 Å². The van der Waals surface area contributed by atoms with Crippen LogP contribution in [0.1, 0.15) is 25.6 Å². The first-order chi connectivity index (χ1) is 6.61. The Bertz CT molecular complexity index is 270. The SMILES string of the molecule is CC(C)C(C)CNCc1sccc1Br. The summed E-state index contributed by atoms with van der Waals surface area (Å²) >= 11 is 5.33. The summed E-state index contributed by atoms with van der Waals surface area (Å²) in [5, 5.41) is 5.61. The van der Waals surface area contributed by atoms with E-state index in [9.17, 15) is 0 Å². The number of nitrogens with one attached hydrogen (secondary N) is 1. The van der Waals surface area contributed by atoms with Crippen LogP contribution in [0.3, 0.4) is 0 Å². The van der Waals surface area contributed by atoms with Gasteiger partial charge in [-0.25, -0.2) is 0 Å². The van der Waals surface area contributed by atoms with E-state index >= 15 is 0 Å². The number of hydrogen-bond donors (Lipinski definition) is 1. The minimum Gasteiger partial charge on any atom is -0.312 e. The maximum atomic E-state index is 3.53. The third kappa shape index (κ3) is 3.71. The summed E-state index contributed by atoms with van der Waals surface area (Å²) in [7, 11) is 0. The zero-order valence-electron chi connectivity index (χ0n) is 9.01. The molecule has 0 saturated carbocycles. The van der Waals surface area contributed by atoms with Gasteiger partial charge in [0, 0.05) is 15.9 Å². The van der Waals surface area contributed by atoms with Gasteiger partial charge in [-0.15, -0.1) is 11.3 Å². The molecule has 0 aliphatic rings. The highest BCUT2D eigenvalue weighted by Crippen LogP contribution is 2.22. The molecule has 0 fully saturated rings. The van der Waals surface area contributed by atoms with Crippen molar-refractivity contribution in [2.45, 2.75) is 27.3 Å². The third-order valence-electron chi connectivity index (χ3n) is 2.58. The third-order valence-corrected chi connectivity index (χ3v) is 4.51. The molecule has 1 atom stereocenters. The molecule has 1 nitrogen and oxygen atoms in total. The van der Waals surface area contributed by atoms with Crippen LogP contribution >= 0.6 is 27.3 Å². The second kappa shape index (κ2) is 5.89. The lowest BCUT2D eigenvalue weighted by atomic mass is 9.98. The molecule has 1 unspecified atom stereocenters. The van der Waals surface area contributed by atoms with Crippen molar-refractivity contribution < 1.29 is 0 Å². The van der Waals surface area contributed by atoms with E-state index in [4.69, 9.17) is 0 Å². The second-order valence-corrected chi connectivity index (χ2v) is 5.90. The largest absolute Gasteiger partial charge is 0.312 e. The van der Waals surface area contributed by atoms with Crippen LogP contribution in [0.15, 0.2) is 15.9 Å². The zero-order valence-corrected chi connectivity index (χ0v) is 11.4. The van der Waals surface area contributed by atoms with Crippen molar-refractivity contribution in [1.82, 2.24) is 5.32 Å². The molecule has 0 aliphatic heterocycles. The van der Waals surface area contributed by atoms with Crippen LogP contribution in [-0.4, -0.2) is 6.54 Å². The van der Waals surface area contributed by atoms with Gasteiger partial charge in [0.1, 0.15) is 0 Å². The standard InChI is InChI=1S/C11H18BrNS/c1-8(2)9(3)6-13-7-11-10(12)4-5-14-11/h4-5,8-9,13H,6-7H2,1-3H3. The van der Waals surface area contributed by atoms with Gasteiger partial charge in [-0.3, -0.25) is 0 Å². The summed E-state index contributed by atoms with van der Waals surface area (Å²) in [6.45, 7) is 8.92. The van der Waals surface area contributed by atoms with Crippen LogP contribution in [0.2, 0.25) is 0 Å². The van der Waals surface area contributed by atoms with E-state index in [1.807, 2.05) is 0 Å². The van der Waals surface area contributed by atoms with E-state index in [0.717, 1.165) is 24.9 Å². The molecular formula is C11H18BrNS. The number of hydrogen-bond acceptors (Lipinski definition) is 2. The highest BCUT2D eigenvalue weighted by Gasteiger charge is 2.07. The summed E-state index contributed by atoms with van der Waals surface area (Å²) in [6.07, 6.45) is 0. The van der Waals surface area contributed by atoms with E-state index in [1.54, 1.807) is 11.3 Å². The fourth-order valence-corrected chi connectivity index (χ4v) is 2.56. The fraction of sp³-hybridized carbons (Fsp3) is 0.636. The molecule has 0 saturated heterocycles. The van der Waals surface area contributed by atoms with E-state index < -0.39 is 0 Å². The van der Waals surface area contributed by atoms with Crippen molar-refractivity contribution in [3.8, 4) is 0 Å². The van der Waals surface area contributed by atoms with Crippen molar-refractivity contribution in [3.63, 3.8) is 0 Å². The van der Waals surface area contributed by atoms with Gasteiger partial charge in [0.25, 0.3) is 0 Å². The van der Waals surface area contributed by atoms with Gasteiger partial charge >= 0.3 is 0 Å². The maximum Gasteiger partial charge on any atom is 0.0327 e. The average molecular weight is 276 g/mol. The Hall–Kier alpha value is 0.140. The van der Waals surface area contributed by atoms with E-state index in [2.05, 4.69) is 53.5 Å². The Morgan fingerprint density at radius 1 is 1.43 bits per heavy atom. The Labute approximate surface area is 99.0 Å². The molecule has 3 heteroatoms. The molecule has 0 bridgehead atoms. The van der Waals surface area contributed by atoms with Crippen LogP contribution in [0.25, 0.3) is 0 Å². The molecular weight excluding hydrogens is 258 g/mol. The topological polar surface area (TPSA) is 12.0 Å². The van der Waals surface area contributed by atoms with Gasteiger partial charge in [0.2, 0.25) is 0 Å². The summed E-state index contributed by atoms with van der Waals surface area (Å²) in [4.78, 5) is 1.39. The molecule has 0 amide bonds. The summed E-state index contributed by atoms with van der Waals surface area (Å²) in [5.74, 6) is 1.50. The summed E-state index contributed by atoms with van der Waals surface area (Å²) < 4.78 is 1.23. The molecule has 0 radical (unpaired) electrons. The predicted octanol–water partition coefficient (Wildman–Crippen LogP) is 3.89. The summed E-state index contributed by atoms with van der Waals surface area (Å²) in [5.41, 5.74) is 0. The normalized spacial score (nSPS) is 13.5. The van der Waals surface area contributed by atoms with Crippen LogP contribution < -0.4 is 5.32 Å². The van der Waals surface area contributed by atoms with Gasteiger partial charge in [0.15, 0.2) is 0 Å². The maximum absolute atomic E-state index is 3.53. The monoisotopic (exact) mass is 275 g/mol. The van der Waals surface area contributed by atoms with E-state index in [1.165, 1.54) is 9.35 Å². The second-order valence-electron chi connectivity index (χ2n) is 4.04. The first-order valence-corrected chi connectivity index (χ1v) is 6.71. The quantitative estimate of drug-likeness (QED) is 0.860. The lowest BCUT2D eigenvalue weighted by molar-refractivity contribution is 0.393. The van der Waals surface area contributed by atoms with Crippen molar-refractivity contribution in [2.75, 3.05) is 6.54 Å². The molecule has 1 N–H and O–H groups in total. The van der Waals surface area contributed by atoms with Gasteiger partial charge in [-0.1, -0.05) is 20.8 Å². The smallest absolute Gasteiger partial charge is 0.0327 e. The Kier molecular flexibility index (Phi) is 5.13. The van der Waals surface area contributed by atoms with Crippen LogP contribution in [0.4, 0.5) is 0 Å².